The van der Waals surface area contributed by atoms with Crippen LogP contribution in [0, 0.1) is 0 Å². The van der Waals surface area contributed by atoms with E-state index in [1.54, 1.807) is 0 Å². The van der Waals surface area contributed by atoms with Crippen molar-refractivity contribution in [3.63, 3.8) is 0 Å². The number of aliphatic imine (C=N–C) groups is 1. The number of nitrogens with zero attached hydrogens (tertiary/aromatic N) is 2. The Morgan fingerprint density at radius 3 is 2.29 bits per heavy atom. The molecular formula is C22H35IN4O. The maximum absolute atomic E-state index is 5.82. The number of guanidine groups is 1. The lowest BCUT2D eigenvalue weighted by molar-refractivity contribution is -0.0704. The number of ether oxygens (including phenoxy) is 1. The van der Waals surface area contributed by atoms with Crippen molar-refractivity contribution in [1.29, 1.82) is 0 Å². The Hall–Kier alpha value is -1.12. The molecule has 1 heterocycles. The molecule has 1 aromatic rings. The first-order valence-electron chi connectivity index (χ1n) is 10.3. The molecule has 1 aliphatic carbocycles. The van der Waals surface area contributed by atoms with Crippen molar-refractivity contribution < 1.29 is 4.74 Å². The molecule has 0 radical (unpaired) electrons. The van der Waals surface area contributed by atoms with E-state index in [-0.39, 0.29) is 24.0 Å². The van der Waals surface area contributed by atoms with Gasteiger partial charge >= 0.3 is 0 Å². The molecule has 0 spiro atoms. The van der Waals surface area contributed by atoms with Gasteiger partial charge in [-0.3, -0.25) is 4.90 Å². The highest BCUT2D eigenvalue weighted by Crippen LogP contribution is 2.15. The van der Waals surface area contributed by atoms with E-state index in [1.165, 1.54) is 11.1 Å². The van der Waals surface area contributed by atoms with Crippen molar-refractivity contribution >= 4 is 29.9 Å². The van der Waals surface area contributed by atoms with Crippen LogP contribution in [0.2, 0.25) is 0 Å². The zero-order valence-electron chi connectivity index (χ0n) is 17.4. The van der Waals surface area contributed by atoms with E-state index in [9.17, 15) is 0 Å². The summed E-state index contributed by atoms with van der Waals surface area (Å²) in [5, 5.41) is 6.86. The Morgan fingerprint density at radius 1 is 1.07 bits per heavy atom. The van der Waals surface area contributed by atoms with Gasteiger partial charge in [-0.25, -0.2) is 4.99 Å². The second-order valence-corrected chi connectivity index (χ2v) is 7.75. The van der Waals surface area contributed by atoms with E-state index in [1.807, 2.05) is 0 Å². The highest BCUT2D eigenvalue weighted by Gasteiger charge is 2.21. The Balaban J connectivity index is 0.00000280. The van der Waals surface area contributed by atoms with E-state index in [2.05, 4.69) is 72.7 Å². The van der Waals surface area contributed by atoms with E-state index in [0.717, 1.165) is 45.0 Å². The van der Waals surface area contributed by atoms with Crippen molar-refractivity contribution in [2.45, 2.75) is 65.0 Å². The highest BCUT2D eigenvalue weighted by atomic mass is 127. The Morgan fingerprint density at radius 2 is 1.68 bits per heavy atom. The van der Waals surface area contributed by atoms with Crippen LogP contribution < -0.4 is 10.6 Å². The summed E-state index contributed by atoms with van der Waals surface area (Å²) in [7, 11) is 0. The average molecular weight is 498 g/mol. The molecule has 0 amide bonds. The largest absolute Gasteiger partial charge is 0.373 e. The molecule has 2 unspecified atom stereocenters. The fourth-order valence-corrected chi connectivity index (χ4v) is 3.84. The quantitative estimate of drug-likeness (QED) is 0.272. The Labute approximate surface area is 187 Å². The minimum atomic E-state index is 0. The molecule has 1 aliphatic heterocycles. The zero-order valence-corrected chi connectivity index (χ0v) is 19.7. The summed E-state index contributed by atoms with van der Waals surface area (Å²) < 4.78 is 5.82. The standard InChI is InChI=1S/C22H34N4O.HI/c1-4-23-22(25-21-7-5-6-8-21)24-13-19-9-11-20(12-10-19)16-26-14-17(2)27-18(3)15-26;/h5-6,9-12,17-18,21H,4,7-8,13-16H2,1-3H3,(H2,23,24,25);1H. The molecule has 6 heteroatoms. The molecule has 156 valence electrons. The van der Waals surface area contributed by atoms with Gasteiger partial charge < -0.3 is 15.4 Å². The molecule has 28 heavy (non-hydrogen) atoms. The van der Waals surface area contributed by atoms with Crippen LogP contribution in [-0.4, -0.2) is 48.7 Å². The summed E-state index contributed by atoms with van der Waals surface area (Å²) in [5.41, 5.74) is 2.59. The highest BCUT2D eigenvalue weighted by molar-refractivity contribution is 14.0. The van der Waals surface area contributed by atoms with Crippen molar-refractivity contribution in [3.05, 3.63) is 47.5 Å². The predicted octanol–water partition coefficient (Wildman–Crippen LogP) is 3.69. The van der Waals surface area contributed by atoms with Gasteiger partial charge in [0, 0.05) is 32.2 Å². The fourth-order valence-electron chi connectivity index (χ4n) is 3.84. The molecule has 1 saturated heterocycles. The van der Waals surface area contributed by atoms with Crippen LogP contribution >= 0.6 is 24.0 Å². The summed E-state index contributed by atoms with van der Waals surface area (Å²) in [5.74, 6) is 0.909. The molecule has 0 saturated carbocycles. The topological polar surface area (TPSA) is 48.9 Å². The molecule has 5 nitrogen and oxygen atoms in total. The van der Waals surface area contributed by atoms with E-state index in [4.69, 9.17) is 9.73 Å². The number of morpholine rings is 1. The summed E-state index contributed by atoms with van der Waals surface area (Å²) >= 11 is 0. The third-order valence-electron chi connectivity index (χ3n) is 5.04. The van der Waals surface area contributed by atoms with Gasteiger partial charge in [-0.1, -0.05) is 36.4 Å². The number of halogens is 1. The Kier molecular flexibility index (Phi) is 9.74. The molecule has 1 aromatic carbocycles. The van der Waals surface area contributed by atoms with E-state index in [0.29, 0.717) is 24.8 Å². The normalized spacial score (nSPS) is 23.5. The van der Waals surface area contributed by atoms with Crippen molar-refractivity contribution in [1.82, 2.24) is 15.5 Å². The maximum Gasteiger partial charge on any atom is 0.191 e. The third-order valence-corrected chi connectivity index (χ3v) is 5.04. The van der Waals surface area contributed by atoms with Crippen molar-refractivity contribution in [3.8, 4) is 0 Å². The van der Waals surface area contributed by atoms with Gasteiger partial charge in [0.15, 0.2) is 5.96 Å². The molecule has 2 aliphatic rings. The fraction of sp³-hybridized carbons (Fsp3) is 0.591. The first-order valence-corrected chi connectivity index (χ1v) is 10.3. The molecule has 0 aromatic heterocycles. The second-order valence-electron chi connectivity index (χ2n) is 7.75. The first-order chi connectivity index (χ1) is 13.1. The smallest absolute Gasteiger partial charge is 0.191 e. The molecule has 0 bridgehead atoms. The predicted molar refractivity (Wildman–Crippen MR) is 127 cm³/mol. The van der Waals surface area contributed by atoms with Crippen LogP contribution in [0.3, 0.4) is 0 Å². The average Bonchev–Trinajstić information content (AvgIpc) is 3.13. The summed E-state index contributed by atoms with van der Waals surface area (Å²) in [4.78, 5) is 7.23. The van der Waals surface area contributed by atoms with Gasteiger partial charge in [-0.2, -0.15) is 0 Å². The first kappa shape index (κ1) is 23.2. The monoisotopic (exact) mass is 498 g/mol. The number of benzene rings is 1. The van der Waals surface area contributed by atoms with Crippen molar-refractivity contribution in [2.75, 3.05) is 19.6 Å². The van der Waals surface area contributed by atoms with Crippen LogP contribution in [0.4, 0.5) is 0 Å². The van der Waals surface area contributed by atoms with Crippen LogP contribution in [0.1, 0.15) is 44.7 Å². The van der Waals surface area contributed by atoms with Crippen LogP contribution in [-0.2, 0) is 17.8 Å². The molecule has 3 rings (SSSR count). The van der Waals surface area contributed by atoms with Gasteiger partial charge in [0.1, 0.15) is 0 Å². The van der Waals surface area contributed by atoms with Gasteiger partial charge in [0.05, 0.1) is 18.8 Å². The zero-order chi connectivity index (χ0) is 19.1. The number of nitrogens with one attached hydrogen (secondary N) is 2. The van der Waals surface area contributed by atoms with Gasteiger partial charge in [0.25, 0.3) is 0 Å². The lowest BCUT2D eigenvalue weighted by Gasteiger charge is -2.35. The number of hydrogen-bond donors (Lipinski definition) is 2. The maximum atomic E-state index is 5.82. The summed E-state index contributed by atoms with van der Waals surface area (Å²) in [6.07, 6.45) is 7.26. The molecule has 2 N–H and O–H groups in total. The Bertz CT molecular complexity index is 628. The van der Waals surface area contributed by atoms with Crippen LogP contribution in [0.25, 0.3) is 0 Å². The van der Waals surface area contributed by atoms with Gasteiger partial charge in [-0.05, 0) is 44.7 Å². The minimum absolute atomic E-state index is 0. The number of hydrogen-bond acceptors (Lipinski definition) is 3. The molecular weight excluding hydrogens is 463 g/mol. The molecule has 1 fully saturated rings. The summed E-state index contributed by atoms with van der Waals surface area (Å²) in [6, 6.07) is 9.34. The minimum Gasteiger partial charge on any atom is -0.373 e. The van der Waals surface area contributed by atoms with Gasteiger partial charge in [-0.15, -0.1) is 24.0 Å². The second kappa shape index (κ2) is 11.8. The lowest BCUT2D eigenvalue weighted by Crippen LogP contribution is -2.44. The molecule has 2 atom stereocenters. The summed E-state index contributed by atoms with van der Waals surface area (Å²) in [6.45, 7) is 11.0. The SMILES string of the molecule is CCNC(=NCc1ccc(CN2CC(C)OC(C)C2)cc1)NC1CC=CC1.I. The van der Waals surface area contributed by atoms with Crippen LogP contribution in [0.15, 0.2) is 41.4 Å². The van der Waals surface area contributed by atoms with E-state index < -0.39 is 0 Å². The van der Waals surface area contributed by atoms with Gasteiger partial charge in [0.2, 0.25) is 0 Å². The lowest BCUT2D eigenvalue weighted by atomic mass is 10.1. The van der Waals surface area contributed by atoms with Crippen molar-refractivity contribution in [2.24, 2.45) is 4.99 Å². The third kappa shape index (κ3) is 7.37. The number of rotatable bonds is 6. The van der Waals surface area contributed by atoms with Crippen LogP contribution in [0.5, 0.6) is 0 Å². The van der Waals surface area contributed by atoms with E-state index >= 15 is 0 Å².